The Kier molecular flexibility index (Phi) is 16.5. The molecule has 1 aromatic rings. The first-order valence-electron chi connectivity index (χ1n) is 11.7. The Bertz CT molecular complexity index is 681. The van der Waals surface area contributed by atoms with E-state index >= 15 is 0 Å². The van der Waals surface area contributed by atoms with E-state index in [-0.39, 0.29) is 24.3 Å². The van der Waals surface area contributed by atoms with Crippen molar-refractivity contribution in [1.82, 2.24) is 10.6 Å². The predicted molar refractivity (Wildman–Crippen MR) is 127 cm³/mol. The Balaban J connectivity index is 2.00. The lowest BCUT2D eigenvalue weighted by Gasteiger charge is -2.09. The van der Waals surface area contributed by atoms with Gasteiger partial charge in [0.1, 0.15) is 6.61 Å². The molecule has 9 nitrogen and oxygen atoms in total. The molecule has 0 bridgehead atoms. The van der Waals surface area contributed by atoms with Gasteiger partial charge in [0.25, 0.3) is 5.91 Å². The number of benzene rings is 1. The van der Waals surface area contributed by atoms with E-state index in [2.05, 4.69) is 22.9 Å². The zero-order chi connectivity index (χ0) is 24.2. The van der Waals surface area contributed by atoms with E-state index in [1.54, 1.807) is 24.3 Å². The van der Waals surface area contributed by atoms with Crippen LogP contribution >= 0.6 is 0 Å². The number of ether oxygens (including phenoxy) is 3. The molecule has 186 valence electrons. The number of carbonyl (C=O) groups is 3. The molecule has 0 saturated heterocycles. The number of unbranched alkanes of at least 4 members (excludes halogenated alkanes) is 2. The van der Waals surface area contributed by atoms with Crippen molar-refractivity contribution in [3.8, 4) is 0 Å². The van der Waals surface area contributed by atoms with Crippen LogP contribution in [0.4, 0.5) is 5.69 Å². The number of hydrogen-bond acceptors (Lipinski definition) is 6. The molecule has 0 aromatic heterocycles. The van der Waals surface area contributed by atoms with E-state index in [1.807, 2.05) is 6.92 Å². The van der Waals surface area contributed by atoms with Crippen LogP contribution in [0.15, 0.2) is 24.3 Å². The van der Waals surface area contributed by atoms with Crippen LogP contribution in [0, 0.1) is 0 Å². The number of carbonyl (C=O) groups excluding carboxylic acids is 3. The second-order valence-corrected chi connectivity index (χ2v) is 7.47. The van der Waals surface area contributed by atoms with Crippen LogP contribution in [-0.4, -0.2) is 70.5 Å². The van der Waals surface area contributed by atoms with Crippen molar-refractivity contribution in [1.29, 1.82) is 0 Å². The van der Waals surface area contributed by atoms with E-state index in [4.69, 9.17) is 14.2 Å². The maximum Gasteiger partial charge on any atom is 0.251 e. The van der Waals surface area contributed by atoms with Crippen molar-refractivity contribution in [2.75, 3.05) is 58.0 Å². The summed E-state index contributed by atoms with van der Waals surface area (Å²) in [6.45, 7) is 7.12. The first-order chi connectivity index (χ1) is 16.1. The highest BCUT2D eigenvalue weighted by Crippen LogP contribution is 2.10. The maximum atomic E-state index is 12.2. The summed E-state index contributed by atoms with van der Waals surface area (Å²) in [5, 5.41) is 8.38. The molecule has 0 atom stereocenters. The van der Waals surface area contributed by atoms with Gasteiger partial charge in [0.05, 0.1) is 33.0 Å². The molecule has 0 radical (unpaired) electrons. The molecule has 0 heterocycles. The standard InChI is InChI=1S/C24H39N3O6/c1-3-5-7-22(28)27-21-10-8-20(9-11-21)24(30)26-13-14-31-15-16-32-17-18-33-19-23(29)25-12-6-4-2/h8-11H,3-7,12-19H2,1-2H3,(H,25,29)(H,26,30)(H,27,28). The molecule has 9 heteroatoms. The van der Waals surface area contributed by atoms with Gasteiger partial charge in [-0.3, -0.25) is 14.4 Å². The van der Waals surface area contributed by atoms with Gasteiger partial charge >= 0.3 is 0 Å². The summed E-state index contributed by atoms with van der Waals surface area (Å²) < 4.78 is 16.0. The molecule has 0 unspecified atom stereocenters. The maximum absolute atomic E-state index is 12.2. The Morgan fingerprint density at radius 1 is 0.727 bits per heavy atom. The number of rotatable bonds is 19. The molecule has 33 heavy (non-hydrogen) atoms. The van der Waals surface area contributed by atoms with Crippen molar-refractivity contribution >= 4 is 23.4 Å². The highest BCUT2D eigenvalue weighted by Gasteiger charge is 2.06. The minimum atomic E-state index is -0.199. The summed E-state index contributed by atoms with van der Waals surface area (Å²) in [7, 11) is 0. The van der Waals surface area contributed by atoms with Crippen LogP contribution < -0.4 is 16.0 Å². The van der Waals surface area contributed by atoms with Crippen molar-refractivity contribution in [2.45, 2.75) is 46.0 Å². The summed E-state index contributed by atoms with van der Waals surface area (Å²) >= 11 is 0. The quantitative estimate of drug-likeness (QED) is 0.271. The summed E-state index contributed by atoms with van der Waals surface area (Å²) in [5.74, 6) is -0.332. The minimum Gasteiger partial charge on any atom is -0.377 e. The zero-order valence-electron chi connectivity index (χ0n) is 20.0. The molecule has 0 aliphatic carbocycles. The average molecular weight is 466 g/mol. The minimum absolute atomic E-state index is 0.0205. The summed E-state index contributed by atoms with van der Waals surface area (Å²) in [5.41, 5.74) is 1.19. The van der Waals surface area contributed by atoms with Crippen LogP contribution in [0.25, 0.3) is 0 Å². The largest absolute Gasteiger partial charge is 0.377 e. The van der Waals surface area contributed by atoms with Crippen molar-refractivity contribution in [2.24, 2.45) is 0 Å². The normalized spacial score (nSPS) is 10.6. The number of amides is 3. The van der Waals surface area contributed by atoms with E-state index in [0.717, 1.165) is 25.7 Å². The Morgan fingerprint density at radius 2 is 1.36 bits per heavy atom. The fourth-order valence-electron chi connectivity index (χ4n) is 2.66. The van der Waals surface area contributed by atoms with Crippen LogP contribution in [-0.2, 0) is 23.8 Å². The lowest BCUT2D eigenvalue weighted by Crippen LogP contribution is -2.29. The van der Waals surface area contributed by atoms with Gasteiger partial charge in [-0.05, 0) is 37.1 Å². The summed E-state index contributed by atoms with van der Waals surface area (Å²) in [6.07, 6.45) is 4.33. The van der Waals surface area contributed by atoms with Gasteiger partial charge < -0.3 is 30.2 Å². The highest BCUT2D eigenvalue weighted by molar-refractivity contribution is 5.95. The number of hydrogen-bond donors (Lipinski definition) is 3. The second-order valence-electron chi connectivity index (χ2n) is 7.47. The van der Waals surface area contributed by atoms with Crippen molar-refractivity contribution in [3.63, 3.8) is 0 Å². The third-order valence-corrected chi connectivity index (χ3v) is 4.55. The van der Waals surface area contributed by atoms with Crippen molar-refractivity contribution < 1.29 is 28.6 Å². The Labute approximate surface area is 196 Å². The van der Waals surface area contributed by atoms with E-state index in [0.29, 0.717) is 63.8 Å². The van der Waals surface area contributed by atoms with Crippen molar-refractivity contribution in [3.05, 3.63) is 29.8 Å². The van der Waals surface area contributed by atoms with E-state index in [1.165, 1.54) is 0 Å². The lowest BCUT2D eigenvalue weighted by atomic mass is 10.2. The third kappa shape index (κ3) is 15.1. The molecule has 0 fully saturated rings. The predicted octanol–water partition coefficient (Wildman–Crippen LogP) is 2.51. The van der Waals surface area contributed by atoms with Crippen LogP contribution in [0.3, 0.4) is 0 Å². The van der Waals surface area contributed by atoms with Gasteiger partial charge in [-0.2, -0.15) is 0 Å². The fourth-order valence-corrected chi connectivity index (χ4v) is 2.66. The molecule has 0 spiro atoms. The monoisotopic (exact) mass is 465 g/mol. The molecule has 1 aromatic carbocycles. The summed E-state index contributed by atoms with van der Waals surface area (Å²) in [6, 6.07) is 6.79. The molecular formula is C24H39N3O6. The van der Waals surface area contributed by atoms with Gasteiger partial charge in [-0.1, -0.05) is 26.7 Å². The molecule has 3 N–H and O–H groups in total. The van der Waals surface area contributed by atoms with Gasteiger partial charge in [0.2, 0.25) is 11.8 Å². The van der Waals surface area contributed by atoms with Gasteiger partial charge in [0.15, 0.2) is 0 Å². The molecule has 0 saturated carbocycles. The molecule has 1 rings (SSSR count). The van der Waals surface area contributed by atoms with E-state index < -0.39 is 0 Å². The highest BCUT2D eigenvalue weighted by atomic mass is 16.5. The van der Waals surface area contributed by atoms with Gasteiger partial charge in [-0.15, -0.1) is 0 Å². The summed E-state index contributed by atoms with van der Waals surface area (Å²) in [4.78, 5) is 35.3. The third-order valence-electron chi connectivity index (χ3n) is 4.55. The number of nitrogens with one attached hydrogen (secondary N) is 3. The van der Waals surface area contributed by atoms with Crippen LogP contribution in [0.5, 0.6) is 0 Å². The lowest BCUT2D eigenvalue weighted by molar-refractivity contribution is -0.126. The fraction of sp³-hybridized carbons (Fsp3) is 0.625. The first kappa shape index (κ1) is 28.5. The average Bonchev–Trinajstić information content (AvgIpc) is 2.81. The smallest absolute Gasteiger partial charge is 0.251 e. The first-order valence-corrected chi connectivity index (χ1v) is 11.7. The van der Waals surface area contributed by atoms with Crippen LogP contribution in [0.1, 0.15) is 56.3 Å². The molecule has 0 aliphatic rings. The van der Waals surface area contributed by atoms with E-state index in [9.17, 15) is 14.4 Å². The Morgan fingerprint density at radius 3 is 2.03 bits per heavy atom. The van der Waals surface area contributed by atoms with Gasteiger partial charge in [0, 0.05) is 30.8 Å². The molecule has 0 aliphatic heterocycles. The SMILES string of the molecule is CCCCNC(=O)COCCOCCOCCNC(=O)c1ccc(NC(=O)CCCC)cc1. The van der Waals surface area contributed by atoms with Crippen LogP contribution in [0.2, 0.25) is 0 Å². The topological polar surface area (TPSA) is 115 Å². The molecular weight excluding hydrogens is 426 g/mol. The number of anilines is 1. The van der Waals surface area contributed by atoms with Gasteiger partial charge in [-0.25, -0.2) is 0 Å². The molecule has 3 amide bonds. The Hall–Kier alpha value is -2.49. The second kappa shape index (κ2) is 19.0. The zero-order valence-corrected chi connectivity index (χ0v) is 20.0.